The Morgan fingerprint density at radius 3 is 2.36 bits per heavy atom. The van der Waals surface area contributed by atoms with Crippen LogP contribution in [0.3, 0.4) is 0 Å². The van der Waals surface area contributed by atoms with E-state index in [9.17, 15) is 18.7 Å². The zero-order valence-electron chi connectivity index (χ0n) is 23.7. The van der Waals surface area contributed by atoms with Gasteiger partial charge in [0.05, 0.1) is 12.1 Å². The fraction of sp³-hybridized carbons (Fsp3) is 0.594. The van der Waals surface area contributed by atoms with E-state index in [1.54, 1.807) is 0 Å². The Kier molecular flexibility index (Phi) is 11.8. The molecule has 1 saturated carbocycles. The molecule has 0 aliphatic heterocycles. The van der Waals surface area contributed by atoms with Gasteiger partial charge in [-0.1, -0.05) is 70.7 Å². The second-order valence-electron chi connectivity index (χ2n) is 12.1. The lowest BCUT2D eigenvalue weighted by Gasteiger charge is -2.41. The number of aliphatic hydroxyl groups is 1. The van der Waals surface area contributed by atoms with Crippen LogP contribution in [0.4, 0.5) is 8.78 Å². The van der Waals surface area contributed by atoms with Gasteiger partial charge in [0.1, 0.15) is 11.6 Å². The maximum atomic E-state index is 13.9. The van der Waals surface area contributed by atoms with Crippen molar-refractivity contribution in [2.45, 2.75) is 108 Å². The molecule has 0 spiro atoms. The summed E-state index contributed by atoms with van der Waals surface area (Å²) in [5, 5.41) is 18.0. The molecule has 0 bridgehead atoms. The first-order valence-corrected chi connectivity index (χ1v) is 14.9. The van der Waals surface area contributed by atoms with Crippen LogP contribution in [0.5, 0.6) is 0 Å². The van der Waals surface area contributed by atoms with E-state index in [1.807, 2.05) is 0 Å². The minimum atomic E-state index is -0.951. The second-order valence-corrected chi connectivity index (χ2v) is 12.5. The van der Waals surface area contributed by atoms with Crippen molar-refractivity contribution in [3.05, 3.63) is 70.8 Å². The Hall–Kier alpha value is -2.02. The maximum absolute atomic E-state index is 13.9. The number of carbonyl (C=O) groups is 1. The van der Waals surface area contributed by atoms with Gasteiger partial charge in [-0.2, -0.15) is 0 Å². The number of unbranched alkanes of at least 4 members (excludes halogenated alkanes) is 2. The van der Waals surface area contributed by atoms with Crippen LogP contribution >= 0.6 is 11.6 Å². The highest BCUT2D eigenvalue weighted by molar-refractivity contribution is 6.17. The Bertz CT molecular complexity index is 1050. The molecule has 4 nitrogen and oxygen atoms in total. The summed E-state index contributed by atoms with van der Waals surface area (Å²) in [6.07, 6.45) is 7.14. The number of hydrogen-bond acceptors (Lipinski definition) is 3. The van der Waals surface area contributed by atoms with E-state index < -0.39 is 23.8 Å². The summed E-state index contributed by atoms with van der Waals surface area (Å²) in [6.45, 7) is 6.86. The van der Waals surface area contributed by atoms with E-state index in [2.05, 4.69) is 55.7 Å². The van der Waals surface area contributed by atoms with Crippen molar-refractivity contribution in [1.29, 1.82) is 0 Å². The van der Waals surface area contributed by atoms with Crippen LogP contribution in [0.1, 0.15) is 95.2 Å². The monoisotopic (exact) mass is 562 g/mol. The molecule has 3 N–H and O–H groups in total. The molecule has 1 amide bonds. The minimum Gasteiger partial charge on any atom is -0.390 e. The Morgan fingerprint density at radius 1 is 1.03 bits per heavy atom. The first-order valence-electron chi connectivity index (χ1n) is 14.4. The van der Waals surface area contributed by atoms with Gasteiger partial charge in [-0.25, -0.2) is 8.78 Å². The second kappa shape index (κ2) is 14.6. The van der Waals surface area contributed by atoms with Crippen molar-refractivity contribution in [1.82, 2.24) is 10.6 Å². The molecule has 2 aromatic rings. The van der Waals surface area contributed by atoms with Gasteiger partial charge in [0.2, 0.25) is 5.91 Å². The van der Waals surface area contributed by atoms with Gasteiger partial charge < -0.3 is 15.7 Å². The summed E-state index contributed by atoms with van der Waals surface area (Å²) >= 11 is 5.74. The molecule has 3 rings (SSSR count). The average molecular weight is 563 g/mol. The van der Waals surface area contributed by atoms with Crippen molar-refractivity contribution in [2.24, 2.45) is 0 Å². The molecule has 1 aliphatic rings. The highest BCUT2D eigenvalue weighted by Gasteiger charge is 2.35. The third kappa shape index (κ3) is 9.54. The smallest absolute Gasteiger partial charge is 0.220 e. The van der Waals surface area contributed by atoms with Crippen LogP contribution in [-0.2, 0) is 22.2 Å². The predicted molar refractivity (Wildman–Crippen MR) is 155 cm³/mol. The molecule has 0 aromatic heterocycles. The molecule has 39 heavy (non-hydrogen) atoms. The normalized spacial score (nSPS) is 17.0. The van der Waals surface area contributed by atoms with Crippen molar-refractivity contribution >= 4 is 17.5 Å². The lowest BCUT2D eigenvalue weighted by Crippen LogP contribution is -2.53. The van der Waals surface area contributed by atoms with Crippen molar-refractivity contribution in [2.75, 3.05) is 12.4 Å². The molecule has 1 aliphatic carbocycles. The summed E-state index contributed by atoms with van der Waals surface area (Å²) in [5.74, 6) is -0.983. The van der Waals surface area contributed by atoms with Gasteiger partial charge in [-0.05, 0) is 66.3 Å². The van der Waals surface area contributed by atoms with E-state index in [0.29, 0.717) is 24.3 Å². The van der Waals surface area contributed by atoms with Gasteiger partial charge in [0, 0.05) is 30.5 Å². The topological polar surface area (TPSA) is 61.4 Å². The molecule has 0 heterocycles. The van der Waals surface area contributed by atoms with Gasteiger partial charge in [0.25, 0.3) is 0 Å². The zero-order valence-corrected chi connectivity index (χ0v) is 24.4. The van der Waals surface area contributed by atoms with Crippen molar-refractivity contribution in [3.8, 4) is 0 Å². The van der Waals surface area contributed by atoms with E-state index in [4.69, 9.17) is 11.6 Å². The molecular formula is C32H45ClF2N2O2. The predicted octanol–water partition coefficient (Wildman–Crippen LogP) is 6.90. The largest absolute Gasteiger partial charge is 0.390 e. The van der Waals surface area contributed by atoms with E-state index in [-0.39, 0.29) is 29.8 Å². The first kappa shape index (κ1) is 31.5. The van der Waals surface area contributed by atoms with E-state index >= 15 is 0 Å². The Balaban J connectivity index is 1.78. The van der Waals surface area contributed by atoms with Gasteiger partial charge in [0.15, 0.2) is 0 Å². The van der Waals surface area contributed by atoms with Crippen LogP contribution in [0, 0.1) is 11.6 Å². The third-order valence-corrected chi connectivity index (χ3v) is 8.13. The summed E-state index contributed by atoms with van der Waals surface area (Å²) in [7, 11) is 0. The minimum absolute atomic E-state index is 0.0186. The summed E-state index contributed by atoms with van der Waals surface area (Å²) in [5.41, 5.74) is 2.62. The summed E-state index contributed by atoms with van der Waals surface area (Å²) < 4.78 is 27.8. The molecule has 7 heteroatoms. The van der Waals surface area contributed by atoms with Crippen molar-refractivity contribution in [3.63, 3.8) is 0 Å². The number of aliphatic hydroxyl groups excluding tert-OH is 1. The standard InChI is InChI=1S/C32H45ClF2N2O2/c1-31(2,3)24-11-10-12-25(20-24)32(14-7-5-8-15-32)36-22-29(38)28(37-30(39)13-6-4-9-16-33)19-23-17-26(34)21-27(35)18-23/h10-12,17-18,20-21,28-29,36,38H,4-9,13-16,19,22H2,1-3H3,(H,37,39). The summed E-state index contributed by atoms with van der Waals surface area (Å²) in [4.78, 5) is 12.7. The number of benzene rings is 2. The molecule has 2 atom stereocenters. The lowest BCUT2D eigenvalue weighted by atomic mass is 9.74. The van der Waals surface area contributed by atoms with Crippen molar-refractivity contribution < 1.29 is 18.7 Å². The van der Waals surface area contributed by atoms with E-state index in [0.717, 1.165) is 44.6 Å². The molecule has 216 valence electrons. The molecule has 2 unspecified atom stereocenters. The maximum Gasteiger partial charge on any atom is 0.220 e. The quantitative estimate of drug-likeness (QED) is 0.184. The zero-order chi connectivity index (χ0) is 28.5. The van der Waals surface area contributed by atoms with Crippen LogP contribution < -0.4 is 10.6 Å². The molecule has 2 aromatic carbocycles. The molecule has 1 fully saturated rings. The fourth-order valence-corrected chi connectivity index (χ4v) is 5.74. The highest BCUT2D eigenvalue weighted by atomic mass is 35.5. The number of hydrogen-bond donors (Lipinski definition) is 3. The molecule has 0 radical (unpaired) electrons. The Labute approximate surface area is 237 Å². The number of rotatable bonds is 13. The summed E-state index contributed by atoms with van der Waals surface area (Å²) in [6, 6.07) is 11.3. The number of nitrogens with one attached hydrogen (secondary N) is 2. The van der Waals surface area contributed by atoms with Gasteiger partial charge in [-0.3, -0.25) is 4.79 Å². The molecule has 0 saturated heterocycles. The first-order chi connectivity index (χ1) is 18.5. The highest BCUT2D eigenvalue weighted by Crippen LogP contribution is 2.38. The average Bonchev–Trinajstić information content (AvgIpc) is 2.89. The van der Waals surface area contributed by atoms with Gasteiger partial charge >= 0.3 is 0 Å². The number of carbonyl (C=O) groups excluding carboxylic acids is 1. The third-order valence-electron chi connectivity index (χ3n) is 7.86. The van der Waals surface area contributed by atoms with Crippen LogP contribution in [0.2, 0.25) is 0 Å². The van der Waals surface area contributed by atoms with Crippen LogP contribution in [-0.4, -0.2) is 35.6 Å². The number of amides is 1. The Morgan fingerprint density at radius 2 is 1.72 bits per heavy atom. The van der Waals surface area contributed by atoms with Crippen LogP contribution in [0.15, 0.2) is 42.5 Å². The SMILES string of the molecule is CC(C)(C)c1cccc(C2(NCC(O)C(Cc3cc(F)cc(F)c3)NC(=O)CCCCCCl)CCCCC2)c1. The van der Waals surface area contributed by atoms with E-state index in [1.165, 1.54) is 29.7 Å². The van der Waals surface area contributed by atoms with Crippen LogP contribution in [0.25, 0.3) is 0 Å². The number of halogens is 3. The molecular weight excluding hydrogens is 518 g/mol. The fourth-order valence-electron chi connectivity index (χ4n) is 5.55. The number of alkyl halides is 1. The lowest BCUT2D eigenvalue weighted by molar-refractivity contribution is -0.122. The van der Waals surface area contributed by atoms with Gasteiger partial charge in [-0.15, -0.1) is 11.6 Å².